The number of hydrogen-bond donors (Lipinski definition) is 1. The van der Waals surface area contributed by atoms with Crippen molar-refractivity contribution in [1.29, 1.82) is 0 Å². The summed E-state index contributed by atoms with van der Waals surface area (Å²) in [6.07, 6.45) is 5.29. The van der Waals surface area contributed by atoms with E-state index in [9.17, 15) is 9.18 Å². The number of halogens is 1. The summed E-state index contributed by atoms with van der Waals surface area (Å²) in [5.74, 6) is -0.0153. The van der Waals surface area contributed by atoms with Crippen molar-refractivity contribution < 1.29 is 9.18 Å². The molecule has 1 heterocycles. The zero-order valence-corrected chi connectivity index (χ0v) is 14.1. The first-order valence-corrected chi connectivity index (χ1v) is 9.13. The Morgan fingerprint density at radius 1 is 1.29 bits per heavy atom. The van der Waals surface area contributed by atoms with Crippen molar-refractivity contribution in [3.63, 3.8) is 0 Å². The SMILES string of the molecule is O=C(CSc1nnnn1C1CCCC1)NCCc1ccc(F)cc1. The fraction of sp³-hybridized carbons (Fsp3) is 0.500. The van der Waals surface area contributed by atoms with Gasteiger partial charge in [0.1, 0.15) is 5.82 Å². The molecule has 0 saturated heterocycles. The van der Waals surface area contributed by atoms with Crippen molar-refractivity contribution in [2.75, 3.05) is 12.3 Å². The third-order valence-corrected chi connectivity index (χ3v) is 5.05. The number of amides is 1. The largest absolute Gasteiger partial charge is 0.355 e. The number of aromatic nitrogens is 4. The number of thioether (sulfide) groups is 1. The van der Waals surface area contributed by atoms with Gasteiger partial charge in [0.05, 0.1) is 11.8 Å². The number of tetrazole rings is 1. The molecule has 128 valence electrons. The maximum Gasteiger partial charge on any atom is 0.230 e. The van der Waals surface area contributed by atoms with Gasteiger partial charge in [-0.2, -0.15) is 0 Å². The van der Waals surface area contributed by atoms with E-state index in [1.165, 1.54) is 36.7 Å². The number of nitrogens with zero attached hydrogens (tertiary/aromatic N) is 4. The van der Waals surface area contributed by atoms with Crippen molar-refractivity contribution >= 4 is 17.7 Å². The molecular formula is C16H20FN5OS. The van der Waals surface area contributed by atoms with Crippen LogP contribution < -0.4 is 5.32 Å². The summed E-state index contributed by atoms with van der Waals surface area (Å²) in [6.45, 7) is 0.526. The standard InChI is InChI=1S/C16H20FN5OS/c17-13-7-5-12(6-8-13)9-10-18-15(23)11-24-16-19-20-21-22(16)14-3-1-2-4-14/h5-8,14H,1-4,9-11H2,(H,18,23). The lowest BCUT2D eigenvalue weighted by Gasteiger charge is -2.10. The molecule has 24 heavy (non-hydrogen) atoms. The Morgan fingerprint density at radius 2 is 2.04 bits per heavy atom. The lowest BCUT2D eigenvalue weighted by Crippen LogP contribution is -2.27. The highest BCUT2D eigenvalue weighted by atomic mass is 32.2. The molecule has 1 fully saturated rings. The predicted octanol–water partition coefficient (Wildman–Crippen LogP) is 2.38. The van der Waals surface area contributed by atoms with E-state index in [-0.39, 0.29) is 17.5 Å². The van der Waals surface area contributed by atoms with E-state index in [0.717, 1.165) is 18.4 Å². The molecule has 0 spiro atoms. The second-order valence-corrected chi connectivity index (χ2v) is 6.80. The number of carbonyl (C=O) groups excluding carboxylic acids is 1. The zero-order valence-electron chi connectivity index (χ0n) is 13.3. The van der Waals surface area contributed by atoms with Crippen LogP contribution in [0.4, 0.5) is 4.39 Å². The van der Waals surface area contributed by atoms with Gasteiger partial charge in [-0.25, -0.2) is 9.07 Å². The van der Waals surface area contributed by atoms with Crippen LogP contribution in [0, 0.1) is 5.82 Å². The number of nitrogens with one attached hydrogen (secondary N) is 1. The van der Waals surface area contributed by atoms with Gasteiger partial charge in [-0.15, -0.1) is 5.10 Å². The van der Waals surface area contributed by atoms with E-state index in [2.05, 4.69) is 20.8 Å². The molecule has 8 heteroatoms. The van der Waals surface area contributed by atoms with Crippen molar-refractivity contribution in [2.24, 2.45) is 0 Å². The van der Waals surface area contributed by atoms with Crippen molar-refractivity contribution in [1.82, 2.24) is 25.5 Å². The molecule has 0 atom stereocenters. The summed E-state index contributed by atoms with van der Waals surface area (Å²) >= 11 is 1.36. The summed E-state index contributed by atoms with van der Waals surface area (Å²) in [4.78, 5) is 11.9. The molecule has 1 aromatic carbocycles. The van der Waals surface area contributed by atoms with Gasteiger partial charge in [0.15, 0.2) is 0 Å². The molecule has 1 saturated carbocycles. The van der Waals surface area contributed by atoms with Crippen LogP contribution in [0.15, 0.2) is 29.4 Å². The van der Waals surface area contributed by atoms with Crippen LogP contribution >= 0.6 is 11.8 Å². The summed E-state index contributed by atoms with van der Waals surface area (Å²) < 4.78 is 14.7. The van der Waals surface area contributed by atoms with Gasteiger partial charge in [-0.05, 0) is 47.4 Å². The molecule has 1 amide bonds. The molecule has 0 bridgehead atoms. The number of benzene rings is 1. The van der Waals surface area contributed by atoms with Gasteiger partial charge in [0.2, 0.25) is 11.1 Å². The van der Waals surface area contributed by atoms with Crippen LogP contribution in [-0.2, 0) is 11.2 Å². The average Bonchev–Trinajstić information content (AvgIpc) is 3.25. The number of hydrogen-bond acceptors (Lipinski definition) is 5. The Labute approximate surface area is 144 Å². The van der Waals surface area contributed by atoms with Gasteiger partial charge < -0.3 is 5.32 Å². The highest BCUT2D eigenvalue weighted by molar-refractivity contribution is 7.99. The highest BCUT2D eigenvalue weighted by Crippen LogP contribution is 2.31. The fourth-order valence-corrected chi connectivity index (χ4v) is 3.61. The Kier molecular flexibility index (Phi) is 5.79. The molecule has 0 aliphatic heterocycles. The second-order valence-electron chi connectivity index (χ2n) is 5.86. The zero-order chi connectivity index (χ0) is 16.8. The predicted molar refractivity (Wildman–Crippen MR) is 89.2 cm³/mol. The van der Waals surface area contributed by atoms with Crippen LogP contribution in [-0.4, -0.2) is 38.4 Å². The van der Waals surface area contributed by atoms with Crippen molar-refractivity contribution in [3.05, 3.63) is 35.6 Å². The Bertz CT molecular complexity index is 669. The minimum atomic E-state index is -0.251. The van der Waals surface area contributed by atoms with Gasteiger partial charge in [0, 0.05) is 6.54 Å². The lowest BCUT2D eigenvalue weighted by atomic mass is 10.1. The topological polar surface area (TPSA) is 72.7 Å². The first-order chi connectivity index (χ1) is 11.7. The first-order valence-electron chi connectivity index (χ1n) is 8.14. The monoisotopic (exact) mass is 349 g/mol. The molecule has 1 N–H and O–H groups in total. The van der Waals surface area contributed by atoms with Gasteiger partial charge in [-0.1, -0.05) is 36.7 Å². The van der Waals surface area contributed by atoms with E-state index in [0.29, 0.717) is 24.2 Å². The maximum atomic E-state index is 12.8. The van der Waals surface area contributed by atoms with Crippen LogP contribution in [0.3, 0.4) is 0 Å². The molecule has 1 aliphatic rings. The van der Waals surface area contributed by atoms with Crippen LogP contribution in [0.2, 0.25) is 0 Å². The fourth-order valence-electron chi connectivity index (χ4n) is 2.84. The molecule has 1 aliphatic carbocycles. The van der Waals surface area contributed by atoms with Gasteiger partial charge in [-0.3, -0.25) is 4.79 Å². The smallest absolute Gasteiger partial charge is 0.230 e. The Balaban J connectivity index is 1.41. The normalized spacial score (nSPS) is 14.9. The molecule has 0 radical (unpaired) electrons. The minimum Gasteiger partial charge on any atom is -0.355 e. The quantitative estimate of drug-likeness (QED) is 0.777. The Morgan fingerprint density at radius 3 is 2.79 bits per heavy atom. The van der Waals surface area contributed by atoms with Crippen LogP contribution in [0.5, 0.6) is 0 Å². The summed E-state index contributed by atoms with van der Waals surface area (Å²) in [5, 5.41) is 15.4. The summed E-state index contributed by atoms with van der Waals surface area (Å²) in [6, 6.07) is 6.67. The van der Waals surface area contributed by atoms with E-state index >= 15 is 0 Å². The first kappa shape index (κ1) is 16.9. The molecule has 6 nitrogen and oxygen atoms in total. The van der Waals surface area contributed by atoms with E-state index < -0.39 is 0 Å². The molecule has 0 unspecified atom stereocenters. The van der Waals surface area contributed by atoms with E-state index in [4.69, 9.17) is 0 Å². The Hall–Kier alpha value is -1.96. The highest BCUT2D eigenvalue weighted by Gasteiger charge is 2.21. The van der Waals surface area contributed by atoms with E-state index in [1.54, 1.807) is 12.1 Å². The summed E-state index contributed by atoms with van der Waals surface area (Å²) in [7, 11) is 0. The van der Waals surface area contributed by atoms with Crippen LogP contribution in [0.25, 0.3) is 0 Å². The van der Waals surface area contributed by atoms with Crippen molar-refractivity contribution in [2.45, 2.75) is 43.3 Å². The molecular weight excluding hydrogens is 329 g/mol. The molecule has 1 aromatic heterocycles. The van der Waals surface area contributed by atoms with Gasteiger partial charge >= 0.3 is 0 Å². The molecule has 2 aromatic rings. The lowest BCUT2D eigenvalue weighted by molar-refractivity contribution is -0.118. The van der Waals surface area contributed by atoms with Crippen molar-refractivity contribution in [3.8, 4) is 0 Å². The minimum absolute atomic E-state index is 0.0527. The van der Waals surface area contributed by atoms with Crippen LogP contribution in [0.1, 0.15) is 37.3 Å². The third kappa shape index (κ3) is 4.53. The molecule has 3 rings (SSSR count). The van der Waals surface area contributed by atoms with Gasteiger partial charge in [0.25, 0.3) is 0 Å². The number of rotatable bonds is 7. The maximum absolute atomic E-state index is 12.8. The number of carbonyl (C=O) groups is 1. The summed E-state index contributed by atoms with van der Waals surface area (Å²) in [5.41, 5.74) is 0.995. The average molecular weight is 349 g/mol. The third-order valence-electron chi connectivity index (χ3n) is 4.11. The van der Waals surface area contributed by atoms with E-state index in [1.807, 2.05) is 4.68 Å². The second kappa shape index (κ2) is 8.23.